The quantitative estimate of drug-likeness (QED) is 0.916. The molecule has 1 aliphatic heterocycles. The smallest absolute Gasteiger partial charge is 0.121 e. The maximum atomic E-state index is 4.78. The number of hydrogen-bond acceptors (Lipinski definition) is 2. The molecule has 1 aromatic carbocycles. The van der Waals surface area contributed by atoms with E-state index in [1.165, 1.54) is 48.9 Å². The number of aryl methyl sites for hydroxylation is 2. The van der Waals surface area contributed by atoms with Crippen molar-refractivity contribution in [3.05, 3.63) is 29.1 Å². The molecule has 0 aliphatic carbocycles. The Kier molecular flexibility index (Phi) is 3.79. The third-order valence-electron chi connectivity index (χ3n) is 4.72. The Bertz CT molecular complexity index is 561. The number of imidazole rings is 1. The van der Waals surface area contributed by atoms with Crippen LogP contribution in [0.15, 0.2) is 12.1 Å². The van der Waals surface area contributed by atoms with Crippen molar-refractivity contribution in [3.63, 3.8) is 0 Å². The van der Waals surface area contributed by atoms with E-state index < -0.39 is 0 Å². The molecule has 0 saturated carbocycles. The molecule has 0 radical (unpaired) electrons. The fourth-order valence-electron chi connectivity index (χ4n) is 3.32. The van der Waals surface area contributed by atoms with Gasteiger partial charge in [0.05, 0.1) is 17.6 Å². The minimum Gasteiger partial charge on any atom is -0.341 e. The number of aromatic amines is 1. The fraction of sp³-hybridized carbons (Fsp3) is 0.588. The number of H-pyrrole nitrogens is 1. The van der Waals surface area contributed by atoms with E-state index >= 15 is 0 Å². The lowest BCUT2D eigenvalue weighted by Gasteiger charge is -2.34. The summed E-state index contributed by atoms with van der Waals surface area (Å²) in [6.07, 6.45) is 5.30. The summed E-state index contributed by atoms with van der Waals surface area (Å²) in [5.41, 5.74) is 4.93. The summed E-state index contributed by atoms with van der Waals surface area (Å²) in [6.45, 7) is 8.79. The normalized spacial score (nSPS) is 20.6. The molecule has 3 heteroatoms. The monoisotopic (exact) mass is 271 g/mol. The van der Waals surface area contributed by atoms with Gasteiger partial charge in [-0.05, 0) is 62.9 Å². The summed E-state index contributed by atoms with van der Waals surface area (Å²) in [5.74, 6) is 1.12. The summed E-state index contributed by atoms with van der Waals surface area (Å²) >= 11 is 0. The van der Waals surface area contributed by atoms with Crippen LogP contribution in [0.3, 0.4) is 0 Å². The number of benzene rings is 1. The molecule has 2 heterocycles. The number of likely N-dealkylation sites (tertiary alicyclic amines) is 1. The maximum Gasteiger partial charge on any atom is 0.121 e. The van der Waals surface area contributed by atoms with Crippen molar-refractivity contribution < 1.29 is 0 Å². The predicted molar refractivity (Wildman–Crippen MR) is 83.9 cm³/mol. The summed E-state index contributed by atoms with van der Waals surface area (Å²) in [7, 11) is 0. The van der Waals surface area contributed by atoms with Gasteiger partial charge in [0, 0.05) is 6.04 Å². The number of rotatable bonds is 3. The van der Waals surface area contributed by atoms with Gasteiger partial charge in [0.1, 0.15) is 5.82 Å². The van der Waals surface area contributed by atoms with Crippen molar-refractivity contribution in [1.29, 1.82) is 0 Å². The lowest BCUT2D eigenvalue weighted by Crippen LogP contribution is -2.38. The first-order chi connectivity index (χ1) is 9.67. The summed E-state index contributed by atoms with van der Waals surface area (Å²) in [4.78, 5) is 10.9. The SMILES string of the molecule is CCC1CCCCN1Cc1nc2cc(C)c(C)cc2[nH]1. The van der Waals surface area contributed by atoms with Crippen molar-refractivity contribution in [2.45, 2.75) is 59.0 Å². The lowest BCUT2D eigenvalue weighted by molar-refractivity contribution is 0.133. The van der Waals surface area contributed by atoms with Gasteiger partial charge in [-0.2, -0.15) is 0 Å². The van der Waals surface area contributed by atoms with E-state index in [9.17, 15) is 0 Å². The van der Waals surface area contributed by atoms with Gasteiger partial charge in [-0.15, -0.1) is 0 Å². The average molecular weight is 271 g/mol. The Labute approximate surface area is 121 Å². The van der Waals surface area contributed by atoms with Crippen LogP contribution in [-0.4, -0.2) is 27.5 Å². The lowest BCUT2D eigenvalue weighted by atomic mass is 10.0. The molecule has 20 heavy (non-hydrogen) atoms. The first-order valence-electron chi connectivity index (χ1n) is 7.87. The van der Waals surface area contributed by atoms with Gasteiger partial charge >= 0.3 is 0 Å². The molecule has 2 aromatic rings. The summed E-state index contributed by atoms with van der Waals surface area (Å²) < 4.78 is 0. The van der Waals surface area contributed by atoms with Gasteiger partial charge in [0.2, 0.25) is 0 Å². The van der Waals surface area contributed by atoms with Crippen LogP contribution in [0.2, 0.25) is 0 Å². The van der Waals surface area contributed by atoms with Gasteiger partial charge in [0.15, 0.2) is 0 Å². The van der Waals surface area contributed by atoms with E-state index in [4.69, 9.17) is 4.98 Å². The Morgan fingerprint density at radius 1 is 1.25 bits per heavy atom. The molecule has 3 rings (SSSR count). The van der Waals surface area contributed by atoms with Crippen LogP contribution in [0.4, 0.5) is 0 Å². The van der Waals surface area contributed by atoms with Crippen molar-refractivity contribution in [2.24, 2.45) is 0 Å². The zero-order valence-electron chi connectivity index (χ0n) is 12.9. The first kappa shape index (κ1) is 13.6. The highest BCUT2D eigenvalue weighted by molar-refractivity contribution is 5.77. The topological polar surface area (TPSA) is 31.9 Å². The molecule has 1 atom stereocenters. The van der Waals surface area contributed by atoms with Crippen molar-refractivity contribution in [2.75, 3.05) is 6.54 Å². The van der Waals surface area contributed by atoms with E-state index in [0.717, 1.165) is 23.9 Å². The van der Waals surface area contributed by atoms with Crippen molar-refractivity contribution in [3.8, 4) is 0 Å². The number of piperidine rings is 1. The predicted octanol–water partition coefficient (Wildman–Crippen LogP) is 3.94. The standard InChI is InChI=1S/C17H25N3/c1-4-14-7-5-6-8-20(14)11-17-18-15-9-12(2)13(3)10-16(15)19-17/h9-10,14H,4-8,11H2,1-3H3,(H,18,19). The second kappa shape index (κ2) is 5.57. The van der Waals surface area contributed by atoms with E-state index in [0.29, 0.717) is 0 Å². The zero-order valence-corrected chi connectivity index (χ0v) is 12.9. The molecule has 3 nitrogen and oxygen atoms in total. The number of nitrogens with one attached hydrogen (secondary N) is 1. The molecular formula is C17H25N3. The highest BCUT2D eigenvalue weighted by atomic mass is 15.2. The Morgan fingerprint density at radius 2 is 2.05 bits per heavy atom. The Hall–Kier alpha value is -1.35. The molecule has 1 aliphatic rings. The Morgan fingerprint density at radius 3 is 2.85 bits per heavy atom. The van der Waals surface area contributed by atoms with Crippen LogP contribution in [0, 0.1) is 13.8 Å². The molecule has 1 aromatic heterocycles. The van der Waals surface area contributed by atoms with Crippen LogP contribution >= 0.6 is 0 Å². The molecule has 1 unspecified atom stereocenters. The minimum absolute atomic E-state index is 0.737. The highest BCUT2D eigenvalue weighted by Crippen LogP contribution is 2.23. The third kappa shape index (κ3) is 2.59. The molecule has 1 N–H and O–H groups in total. The number of fused-ring (bicyclic) bond motifs is 1. The largest absolute Gasteiger partial charge is 0.341 e. The van der Waals surface area contributed by atoms with Crippen LogP contribution in [0.5, 0.6) is 0 Å². The van der Waals surface area contributed by atoms with E-state index in [-0.39, 0.29) is 0 Å². The molecule has 108 valence electrons. The van der Waals surface area contributed by atoms with Gasteiger partial charge in [0.25, 0.3) is 0 Å². The van der Waals surface area contributed by atoms with E-state index in [1.54, 1.807) is 0 Å². The van der Waals surface area contributed by atoms with Crippen LogP contribution < -0.4 is 0 Å². The summed E-state index contributed by atoms with van der Waals surface area (Å²) in [6, 6.07) is 5.15. The molecular weight excluding hydrogens is 246 g/mol. The molecule has 1 fully saturated rings. The fourth-order valence-corrected chi connectivity index (χ4v) is 3.32. The second-order valence-corrected chi connectivity index (χ2v) is 6.17. The molecule has 0 bridgehead atoms. The van der Waals surface area contributed by atoms with Crippen LogP contribution in [-0.2, 0) is 6.54 Å². The van der Waals surface area contributed by atoms with Gasteiger partial charge in [-0.3, -0.25) is 4.90 Å². The Balaban J connectivity index is 1.83. The van der Waals surface area contributed by atoms with Crippen molar-refractivity contribution >= 4 is 11.0 Å². The van der Waals surface area contributed by atoms with Gasteiger partial charge < -0.3 is 4.98 Å². The average Bonchev–Trinajstić information content (AvgIpc) is 2.81. The van der Waals surface area contributed by atoms with Gasteiger partial charge in [-0.25, -0.2) is 4.98 Å². The number of nitrogens with zero attached hydrogens (tertiary/aromatic N) is 2. The molecule has 0 spiro atoms. The maximum absolute atomic E-state index is 4.78. The summed E-state index contributed by atoms with van der Waals surface area (Å²) in [5, 5.41) is 0. The van der Waals surface area contributed by atoms with Crippen LogP contribution in [0.25, 0.3) is 11.0 Å². The van der Waals surface area contributed by atoms with E-state index in [1.807, 2.05) is 0 Å². The van der Waals surface area contributed by atoms with E-state index in [2.05, 4.69) is 42.8 Å². The molecule has 1 saturated heterocycles. The van der Waals surface area contributed by atoms with Crippen LogP contribution in [0.1, 0.15) is 49.6 Å². The number of hydrogen-bond donors (Lipinski definition) is 1. The zero-order chi connectivity index (χ0) is 14.1. The molecule has 0 amide bonds. The minimum atomic E-state index is 0.737. The van der Waals surface area contributed by atoms with Gasteiger partial charge in [-0.1, -0.05) is 13.3 Å². The van der Waals surface area contributed by atoms with Crippen molar-refractivity contribution in [1.82, 2.24) is 14.9 Å². The third-order valence-corrected chi connectivity index (χ3v) is 4.72. The number of aromatic nitrogens is 2. The second-order valence-electron chi connectivity index (χ2n) is 6.17. The first-order valence-corrected chi connectivity index (χ1v) is 7.87. The highest BCUT2D eigenvalue weighted by Gasteiger charge is 2.21.